The van der Waals surface area contributed by atoms with Crippen molar-refractivity contribution in [2.45, 2.75) is 6.42 Å². The summed E-state index contributed by atoms with van der Waals surface area (Å²) in [7, 11) is 0. The van der Waals surface area contributed by atoms with Gasteiger partial charge in [-0.1, -0.05) is 5.11 Å². The highest BCUT2D eigenvalue weighted by atomic mass is 16.6. The second-order valence-electron chi connectivity index (χ2n) is 4.62. The van der Waals surface area contributed by atoms with Crippen LogP contribution in [0.2, 0.25) is 0 Å². The number of nitro groups is 1. The quantitative estimate of drug-likeness (QED) is 0.283. The van der Waals surface area contributed by atoms with Gasteiger partial charge in [0.15, 0.2) is 0 Å². The van der Waals surface area contributed by atoms with Crippen LogP contribution in [0.15, 0.2) is 17.4 Å². The summed E-state index contributed by atoms with van der Waals surface area (Å²) in [5, 5.41) is 23.3. The van der Waals surface area contributed by atoms with Gasteiger partial charge < -0.3 is 5.11 Å². The molecule has 1 saturated heterocycles. The Bertz CT molecular complexity index is 698. The van der Waals surface area contributed by atoms with Crippen molar-refractivity contribution in [1.82, 2.24) is 4.98 Å². The molecule has 1 atom stereocenters. The third kappa shape index (κ3) is 2.94. The minimum atomic E-state index is -1.35. The van der Waals surface area contributed by atoms with Crippen LogP contribution in [-0.2, 0) is 4.79 Å². The zero-order valence-electron chi connectivity index (χ0n) is 11.1. The molecule has 0 spiro atoms. The largest absolute Gasteiger partial charge is 0.478 e. The summed E-state index contributed by atoms with van der Waals surface area (Å²) in [6.45, 7) is 0.220. The van der Waals surface area contributed by atoms with E-state index in [9.17, 15) is 19.7 Å². The van der Waals surface area contributed by atoms with Crippen LogP contribution in [0.3, 0.4) is 0 Å². The predicted molar refractivity (Wildman–Crippen MR) is 72.3 cm³/mol. The number of aromatic carboxylic acids is 1. The van der Waals surface area contributed by atoms with E-state index in [1.54, 1.807) is 0 Å². The van der Waals surface area contributed by atoms with Crippen LogP contribution in [-0.4, -0.2) is 40.0 Å². The minimum Gasteiger partial charge on any atom is -0.478 e. The molecule has 1 fully saturated rings. The van der Waals surface area contributed by atoms with E-state index in [2.05, 4.69) is 15.0 Å². The number of pyridine rings is 1. The summed E-state index contributed by atoms with van der Waals surface area (Å²) in [5.74, 6) is -2.21. The topological polar surface area (TPSA) is 162 Å². The second kappa shape index (κ2) is 6.06. The van der Waals surface area contributed by atoms with E-state index in [4.69, 9.17) is 10.6 Å². The Balaban J connectivity index is 2.35. The fourth-order valence-corrected chi connectivity index (χ4v) is 2.17. The lowest BCUT2D eigenvalue weighted by Gasteiger charge is -2.15. The van der Waals surface area contributed by atoms with Crippen LogP contribution < -0.4 is 4.90 Å². The van der Waals surface area contributed by atoms with Crippen molar-refractivity contribution in [1.29, 1.82) is 0 Å². The first-order valence-electron chi connectivity index (χ1n) is 6.13. The number of anilines is 1. The van der Waals surface area contributed by atoms with Crippen LogP contribution in [0, 0.1) is 16.0 Å². The van der Waals surface area contributed by atoms with Gasteiger partial charge in [-0.25, -0.2) is 9.78 Å². The number of amides is 1. The van der Waals surface area contributed by atoms with E-state index in [1.165, 1.54) is 0 Å². The molecule has 11 nitrogen and oxygen atoms in total. The molecule has 1 aromatic heterocycles. The average molecular weight is 306 g/mol. The fourth-order valence-electron chi connectivity index (χ4n) is 2.17. The van der Waals surface area contributed by atoms with Crippen molar-refractivity contribution < 1.29 is 19.6 Å². The Kier molecular flexibility index (Phi) is 4.18. The van der Waals surface area contributed by atoms with Crippen molar-refractivity contribution in [3.8, 4) is 0 Å². The van der Waals surface area contributed by atoms with E-state index in [0.717, 1.165) is 17.2 Å². The summed E-state index contributed by atoms with van der Waals surface area (Å²) in [6, 6.07) is 0.860. The standard InChI is InChI=1S/C11H10N6O5/c12-15-14-3-6-1-9(18)16(5-6)10-8(17(21)22)2-7(4-13-10)11(19)20/h2,4,6H,1,3,5H2,(H,19,20). The number of hydrogen-bond donors (Lipinski definition) is 1. The number of rotatable bonds is 5. The number of carbonyl (C=O) groups is 2. The summed E-state index contributed by atoms with van der Waals surface area (Å²) >= 11 is 0. The highest BCUT2D eigenvalue weighted by Crippen LogP contribution is 2.31. The third-order valence-electron chi connectivity index (χ3n) is 3.15. The van der Waals surface area contributed by atoms with Gasteiger partial charge in [0.25, 0.3) is 0 Å². The molecule has 1 amide bonds. The number of azide groups is 1. The van der Waals surface area contributed by atoms with Gasteiger partial charge in [-0.2, -0.15) is 0 Å². The van der Waals surface area contributed by atoms with Crippen molar-refractivity contribution in [3.63, 3.8) is 0 Å². The van der Waals surface area contributed by atoms with Crippen LogP contribution in [0.25, 0.3) is 10.4 Å². The SMILES string of the molecule is [N-]=[N+]=NCC1CC(=O)N(c2ncc(C(=O)O)cc2[N+](=O)[O-])C1. The molecular weight excluding hydrogens is 296 g/mol. The third-order valence-corrected chi connectivity index (χ3v) is 3.15. The normalized spacial score (nSPS) is 17.2. The molecule has 1 aliphatic rings. The zero-order chi connectivity index (χ0) is 16.3. The number of aromatic nitrogens is 1. The summed E-state index contributed by atoms with van der Waals surface area (Å²) in [6.07, 6.45) is 1.04. The van der Waals surface area contributed by atoms with Gasteiger partial charge in [-0.15, -0.1) is 0 Å². The molecule has 22 heavy (non-hydrogen) atoms. The van der Waals surface area contributed by atoms with Gasteiger partial charge in [0.05, 0.1) is 10.5 Å². The van der Waals surface area contributed by atoms with E-state index < -0.39 is 22.5 Å². The van der Waals surface area contributed by atoms with Gasteiger partial charge in [0, 0.05) is 36.7 Å². The molecule has 11 heteroatoms. The van der Waals surface area contributed by atoms with Crippen molar-refractivity contribution in [2.75, 3.05) is 18.0 Å². The molecule has 2 rings (SSSR count). The highest BCUT2D eigenvalue weighted by Gasteiger charge is 2.35. The Hall–Kier alpha value is -3.20. The number of carboxylic acid groups (broad SMARTS) is 1. The van der Waals surface area contributed by atoms with Crippen LogP contribution in [0.4, 0.5) is 11.5 Å². The summed E-state index contributed by atoms with van der Waals surface area (Å²) in [5.41, 5.74) is 7.38. The smallest absolute Gasteiger partial charge is 0.337 e. The van der Waals surface area contributed by atoms with Gasteiger partial charge in [0.1, 0.15) is 0 Å². The maximum atomic E-state index is 12.0. The lowest BCUT2D eigenvalue weighted by Crippen LogP contribution is -2.27. The van der Waals surface area contributed by atoms with Crippen molar-refractivity contribution >= 4 is 23.4 Å². The van der Waals surface area contributed by atoms with Gasteiger partial charge >= 0.3 is 11.7 Å². The van der Waals surface area contributed by atoms with Crippen molar-refractivity contribution in [2.24, 2.45) is 11.0 Å². The Morgan fingerprint density at radius 1 is 1.68 bits per heavy atom. The highest BCUT2D eigenvalue weighted by molar-refractivity contribution is 5.97. The Morgan fingerprint density at radius 3 is 3.00 bits per heavy atom. The van der Waals surface area contributed by atoms with Crippen LogP contribution in [0.1, 0.15) is 16.8 Å². The molecule has 0 saturated carbocycles. The minimum absolute atomic E-state index is 0.0819. The second-order valence-corrected chi connectivity index (χ2v) is 4.62. The molecule has 1 unspecified atom stereocenters. The number of carbonyl (C=O) groups excluding carboxylic acids is 1. The fraction of sp³-hybridized carbons (Fsp3) is 0.364. The van der Waals surface area contributed by atoms with Crippen LogP contribution in [0.5, 0.6) is 0 Å². The summed E-state index contributed by atoms with van der Waals surface area (Å²) < 4.78 is 0. The molecular formula is C11H10N6O5. The number of carboxylic acids is 1. The van der Waals surface area contributed by atoms with Gasteiger partial charge in [-0.05, 0) is 11.4 Å². The van der Waals surface area contributed by atoms with E-state index in [1.807, 2.05) is 0 Å². The first-order chi connectivity index (χ1) is 10.4. The molecule has 1 N–H and O–H groups in total. The van der Waals surface area contributed by atoms with E-state index in [0.29, 0.717) is 0 Å². The number of hydrogen-bond acceptors (Lipinski definition) is 6. The van der Waals surface area contributed by atoms with E-state index >= 15 is 0 Å². The first kappa shape index (κ1) is 15.2. The predicted octanol–water partition coefficient (Wildman–Crippen LogP) is 1.35. The maximum absolute atomic E-state index is 12.0. The van der Waals surface area contributed by atoms with Gasteiger partial charge in [-0.3, -0.25) is 19.8 Å². The molecule has 0 bridgehead atoms. The lowest BCUT2D eigenvalue weighted by atomic mass is 10.1. The lowest BCUT2D eigenvalue weighted by molar-refractivity contribution is -0.384. The molecule has 1 aromatic rings. The van der Waals surface area contributed by atoms with Crippen molar-refractivity contribution in [3.05, 3.63) is 38.4 Å². The van der Waals surface area contributed by atoms with E-state index in [-0.39, 0.29) is 36.8 Å². The Labute approximate surface area is 122 Å². The maximum Gasteiger partial charge on any atom is 0.337 e. The molecule has 1 aliphatic heterocycles. The molecule has 114 valence electrons. The van der Waals surface area contributed by atoms with Gasteiger partial charge in [0.2, 0.25) is 11.7 Å². The molecule has 0 aliphatic carbocycles. The monoisotopic (exact) mass is 306 g/mol. The molecule has 0 radical (unpaired) electrons. The zero-order valence-corrected chi connectivity index (χ0v) is 11.1. The number of nitrogens with zero attached hydrogens (tertiary/aromatic N) is 6. The molecule has 2 heterocycles. The summed E-state index contributed by atoms with van der Waals surface area (Å²) in [4.78, 5) is 40.6. The Morgan fingerprint density at radius 2 is 2.41 bits per heavy atom. The first-order valence-corrected chi connectivity index (χ1v) is 6.13. The molecule has 0 aromatic carbocycles. The van der Waals surface area contributed by atoms with Crippen LogP contribution >= 0.6 is 0 Å². The average Bonchev–Trinajstić information content (AvgIpc) is 2.85.